The quantitative estimate of drug-likeness (QED) is 0.598. The van der Waals surface area contributed by atoms with E-state index in [0.717, 1.165) is 11.4 Å². The molecular weight excluding hydrogens is 266 g/mol. The van der Waals surface area contributed by atoms with E-state index in [1.165, 1.54) is 21.9 Å². The van der Waals surface area contributed by atoms with E-state index >= 15 is 0 Å². The van der Waals surface area contributed by atoms with Gasteiger partial charge in [0.1, 0.15) is 0 Å². The topological polar surface area (TPSA) is 12.0 Å². The molecule has 3 aromatic carbocycles. The Kier molecular flexibility index (Phi) is 4.06. The van der Waals surface area contributed by atoms with E-state index in [9.17, 15) is 0 Å². The fourth-order valence-corrected chi connectivity index (χ4v) is 2.67. The number of nitrogens with one attached hydrogen (secondary N) is 1. The van der Waals surface area contributed by atoms with Gasteiger partial charge in [-0.15, -0.1) is 0 Å². The van der Waals surface area contributed by atoms with Crippen LogP contribution in [0.25, 0.3) is 16.5 Å². The molecule has 0 radical (unpaired) electrons. The second-order valence-corrected chi connectivity index (χ2v) is 5.28. The van der Waals surface area contributed by atoms with Gasteiger partial charge in [-0.25, -0.2) is 0 Å². The summed E-state index contributed by atoms with van der Waals surface area (Å²) in [7, 11) is 0. The van der Waals surface area contributed by atoms with Gasteiger partial charge in [0.25, 0.3) is 0 Å². The number of allylic oxidation sites excluding steroid dienone is 2. The predicted octanol–water partition coefficient (Wildman–Crippen LogP) is 5.79. The Morgan fingerprint density at radius 2 is 1.64 bits per heavy atom. The summed E-state index contributed by atoms with van der Waals surface area (Å²) in [6.45, 7) is 5.97. The second-order valence-electron chi connectivity index (χ2n) is 5.28. The van der Waals surface area contributed by atoms with Crippen LogP contribution in [0.2, 0.25) is 0 Å². The standard InChI is InChI=1S/C21H19N/c1-3-9-20(18-13-6-4-10-16(18)2)22-21-15-8-12-17-11-5-7-14-19(17)21/h3-15,22H,1H2,2H3/b20-9+. The van der Waals surface area contributed by atoms with Crippen LogP contribution in [0, 0.1) is 6.92 Å². The summed E-state index contributed by atoms with van der Waals surface area (Å²) in [6.07, 6.45) is 3.84. The number of hydrogen-bond acceptors (Lipinski definition) is 1. The van der Waals surface area contributed by atoms with Gasteiger partial charge in [0.2, 0.25) is 0 Å². The fraction of sp³-hybridized carbons (Fsp3) is 0.0476. The zero-order chi connectivity index (χ0) is 15.4. The molecule has 0 aliphatic heterocycles. The minimum atomic E-state index is 1.06. The predicted molar refractivity (Wildman–Crippen MR) is 96.9 cm³/mol. The van der Waals surface area contributed by atoms with E-state index < -0.39 is 0 Å². The third-order valence-corrected chi connectivity index (χ3v) is 3.78. The number of rotatable bonds is 4. The summed E-state index contributed by atoms with van der Waals surface area (Å²) >= 11 is 0. The van der Waals surface area contributed by atoms with Gasteiger partial charge in [0.15, 0.2) is 0 Å². The van der Waals surface area contributed by atoms with E-state index in [0.29, 0.717) is 0 Å². The van der Waals surface area contributed by atoms with Gasteiger partial charge in [-0.05, 0) is 30.0 Å². The molecule has 0 aliphatic rings. The van der Waals surface area contributed by atoms with Gasteiger partial charge in [0.05, 0.1) is 0 Å². The fourth-order valence-electron chi connectivity index (χ4n) is 2.67. The number of benzene rings is 3. The van der Waals surface area contributed by atoms with Crippen LogP contribution in [0.1, 0.15) is 11.1 Å². The molecule has 0 aromatic heterocycles. The average Bonchev–Trinajstić information content (AvgIpc) is 2.55. The van der Waals surface area contributed by atoms with Crippen molar-refractivity contribution in [1.82, 2.24) is 0 Å². The van der Waals surface area contributed by atoms with Crippen molar-refractivity contribution < 1.29 is 0 Å². The molecule has 0 saturated heterocycles. The molecule has 0 amide bonds. The highest BCUT2D eigenvalue weighted by atomic mass is 14.9. The number of hydrogen-bond donors (Lipinski definition) is 1. The molecule has 0 unspecified atom stereocenters. The first kappa shape index (κ1) is 14.2. The maximum Gasteiger partial charge on any atom is 0.0464 e. The van der Waals surface area contributed by atoms with Crippen molar-refractivity contribution in [3.05, 3.63) is 96.6 Å². The lowest BCUT2D eigenvalue weighted by Gasteiger charge is -2.15. The van der Waals surface area contributed by atoms with E-state index in [-0.39, 0.29) is 0 Å². The van der Waals surface area contributed by atoms with Crippen LogP contribution in [0.5, 0.6) is 0 Å². The van der Waals surface area contributed by atoms with Crippen molar-refractivity contribution in [1.29, 1.82) is 0 Å². The minimum Gasteiger partial charge on any atom is -0.355 e. The Morgan fingerprint density at radius 3 is 2.45 bits per heavy atom. The lowest BCUT2D eigenvalue weighted by atomic mass is 10.0. The van der Waals surface area contributed by atoms with Crippen molar-refractivity contribution in [2.75, 3.05) is 5.32 Å². The van der Waals surface area contributed by atoms with Crippen molar-refractivity contribution in [2.24, 2.45) is 0 Å². The maximum absolute atomic E-state index is 3.84. The molecule has 22 heavy (non-hydrogen) atoms. The molecule has 0 bridgehead atoms. The van der Waals surface area contributed by atoms with Crippen LogP contribution in [0.3, 0.4) is 0 Å². The molecule has 3 aromatic rings. The third-order valence-electron chi connectivity index (χ3n) is 3.78. The Balaban J connectivity index is 2.06. The van der Waals surface area contributed by atoms with Crippen molar-refractivity contribution in [3.63, 3.8) is 0 Å². The van der Waals surface area contributed by atoms with Crippen LogP contribution in [0.4, 0.5) is 5.69 Å². The molecule has 0 saturated carbocycles. The van der Waals surface area contributed by atoms with Crippen molar-refractivity contribution in [2.45, 2.75) is 6.92 Å². The Morgan fingerprint density at radius 1 is 0.909 bits per heavy atom. The molecular formula is C21H19N. The Labute approximate surface area is 131 Å². The summed E-state index contributed by atoms with van der Waals surface area (Å²) in [5, 5.41) is 6.02. The summed E-state index contributed by atoms with van der Waals surface area (Å²) < 4.78 is 0. The van der Waals surface area contributed by atoms with Crippen LogP contribution in [-0.2, 0) is 0 Å². The normalized spacial score (nSPS) is 11.4. The van der Waals surface area contributed by atoms with Crippen LogP contribution in [0.15, 0.2) is 85.5 Å². The van der Waals surface area contributed by atoms with E-state index in [1.54, 1.807) is 0 Å². The molecule has 0 heterocycles. The summed E-state index contributed by atoms with van der Waals surface area (Å²) in [6, 6.07) is 23.1. The van der Waals surface area contributed by atoms with Crippen molar-refractivity contribution >= 4 is 22.2 Å². The summed E-state index contributed by atoms with van der Waals surface area (Å²) in [5.74, 6) is 0. The lowest BCUT2D eigenvalue weighted by Crippen LogP contribution is -2.01. The second kappa shape index (κ2) is 6.31. The number of aryl methyl sites for hydroxylation is 1. The maximum atomic E-state index is 3.84. The van der Waals surface area contributed by atoms with Gasteiger partial charge in [0, 0.05) is 22.3 Å². The SMILES string of the molecule is C=C/C=C(/Nc1cccc2ccccc12)c1ccccc1C. The summed E-state index contributed by atoms with van der Waals surface area (Å²) in [5.41, 5.74) is 4.59. The average molecular weight is 285 g/mol. The zero-order valence-corrected chi connectivity index (χ0v) is 12.7. The van der Waals surface area contributed by atoms with Gasteiger partial charge in [-0.1, -0.05) is 73.3 Å². The molecule has 108 valence electrons. The molecule has 1 nitrogen and oxygen atoms in total. The molecule has 1 N–H and O–H groups in total. The van der Waals surface area contributed by atoms with Crippen LogP contribution in [-0.4, -0.2) is 0 Å². The van der Waals surface area contributed by atoms with E-state index in [1.807, 2.05) is 12.2 Å². The number of anilines is 1. The smallest absolute Gasteiger partial charge is 0.0464 e. The molecule has 0 spiro atoms. The van der Waals surface area contributed by atoms with Gasteiger partial charge < -0.3 is 5.32 Å². The highest BCUT2D eigenvalue weighted by Crippen LogP contribution is 2.27. The van der Waals surface area contributed by atoms with E-state index in [4.69, 9.17) is 0 Å². The number of fused-ring (bicyclic) bond motifs is 1. The van der Waals surface area contributed by atoms with E-state index in [2.05, 4.69) is 85.5 Å². The van der Waals surface area contributed by atoms with Gasteiger partial charge in [-0.2, -0.15) is 0 Å². The first-order chi connectivity index (χ1) is 10.8. The Hall–Kier alpha value is -2.80. The molecule has 3 rings (SSSR count). The lowest BCUT2D eigenvalue weighted by molar-refractivity contribution is 1.41. The highest BCUT2D eigenvalue weighted by Gasteiger charge is 2.06. The largest absolute Gasteiger partial charge is 0.355 e. The van der Waals surface area contributed by atoms with Gasteiger partial charge in [-0.3, -0.25) is 0 Å². The monoisotopic (exact) mass is 285 g/mol. The molecule has 1 heteroatoms. The highest BCUT2D eigenvalue weighted by molar-refractivity contribution is 5.97. The summed E-state index contributed by atoms with van der Waals surface area (Å²) in [4.78, 5) is 0. The first-order valence-electron chi connectivity index (χ1n) is 7.43. The van der Waals surface area contributed by atoms with Crippen molar-refractivity contribution in [3.8, 4) is 0 Å². The third kappa shape index (κ3) is 2.79. The molecule has 0 fully saturated rings. The zero-order valence-electron chi connectivity index (χ0n) is 12.7. The molecule has 0 aliphatic carbocycles. The minimum absolute atomic E-state index is 1.06. The van der Waals surface area contributed by atoms with Crippen LogP contribution >= 0.6 is 0 Å². The van der Waals surface area contributed by atoms with Crippen LogP contribution < -0.4 is 5.32 Å². The van der Waals surface area contributed by atoms with Gasteiger partial charge >= 0.3 is 0 Å². The molecule has 0 atom stereocenters. The first-order valence-corrected chi connectivity index (χ1v) is 7.43. The Bertz CT molecular complexity index is 838.